The number of nitrogens with one attached hydrogen (secondary N) is 1. The van der Waals surface area contributed by atoms with Crippen LogP contribution < -0.4 is 5.32 Å². The second-order valence-electron chi connectivity index (χ2n) is 14.6. The van der Waals surface area contributed by atoms with Crippen LogP contribution in [0.15, 0.2) is 83.1 Å². The Bertz CT molecular complexity index is 1890. The van der Waals surface area contributed by atoms with Crippen LogP contribution in [0.2, 0.25) is 0 Å². The van der Waals surface area contributed by atoms with Gasteiger partial charge in [0.25, 0.3) is 5.91 Å². The maximum Gasteiger partial charge on any atom is 0.338 e. The molecular formula is C39H43NO13. The van der Waals surface area contributed by atoms with Crippen molar-refractivity contribution in [3.63, 3.8) is 0 Å². The number of hydrogen-bond donors (Lipinski definition) is 5. The minimum atomic E-state index is -2.32. The smallest absolute Gasteiger partial charge is 0.338 e. The van der Waals surface area contributed by atoms with Crippen LogP contribution in [0, 0.1) is 11.3 Å². The van der Waals surface area contributed by atoms with Crippen molar-refractivity contribution < 1.29 is 63.3 Å². The number of fused-ring (bicyclic) bond motifs is 5. The lowest BCUT2D eigenvalue weighted by Gasteiger charge is -2.62. The lowest BCUT2D eigenvalue weighted by atomic mass is 9.51. The molecular weight excluding hydrogens is 690 g/mol. The molecule has 14 nitrogen and oxygen atoms in total. The molecule has 4 aliphatic rings. The van der Waals surface area contributed by atoms with Crippen LogP contribution in [0.3, 0.4) is 0 Å². The fourth-order valence-electron chi connectivity index (χ4n) is 8.48. The van der Waals surface area contributed by atoms with Gasteiger partial charge in [0.15, 0.2) is 17.8 Å². The van der Waals surface area contributed by atoms with Crippen LogP contribution in [0.25, 0.3) is 0 Å². The minimum Gasteiger partial charge on any atom is -0.512 e. The van der Waals surface area contributed by atoms with E-state index in [4.69, 9.17) is 18.9 Å². The number of benzene rings is 2. The average Bonchev–Trinajstić information content (AvgIpc) is 3.10. The molecule has 0 aromatic heterocycles. The monoisotopic (exact) mass is 733 g/mol. The largest absolute Gasteiger partial charge is 0.512 e. The van der Waals surface area contributed by atoms with Crippen molar-refractivity contribution in [1.29, 1.82) is 0 Å². The first-order valence-corrected chi connectivity index (χ1v) is 17.3. The number of ether oxygens (including phenoxy) is 4. The highest BCUT2D eigenvalue weighted by Gasteiger charge is 2.71. The molecule has 53 heavy (non-hydrogen) atoms. The molecule has 1 amide bonds. The molecule has 2 fully saturated rings. The third kappa shape index (κ3) is 6.22. The van der Waals surface area contributed by atoms with E-state index < -0.39 is 101 Å². The van der Waals surface area contributed by atoms with Crippen LogP contribution in [-0.2, 0) is 38.1 Å². The van der Waals surface area contributed by atoms with Gasteiger partial charge >= 0.3 is 17.9 Å². The number of amides is 1. The summed E-state index contributed by atoms with van der Waals surface area (Å²) in [5.74, 6) is -6.42. The highest BCUT2D eigenvalue weighted by Crippen LogP contribution is 2.60. The summed E-state index contributed by atoms with van der Waals surface area (Å²) in [5, 5.41) is 50.6. The SMILES string of the molecule is CC(=O)O[C@H]1C(=O)C2=C(O)CC3OC[C@@]3(OC(C)=O)C2[C@H](O)[C@]2(O)C[C@H](OC(=O)[C@H](O)[C@@H](NC(=O)c3ccccc3)c3ccccc3)C(C)=C1C2(C)C. The Labute approximate surface area is 305 Å². The average molecular weight is 734 g/mol. The summed E-state index contributed by atoms with van der Waals surface area (Å²) in [5.41, 5.74) is -5.13. The summed E-state index contributed by atoms with van der Waals surface area (Å²) >= 11 is 0. The molecule has 2 unspecified atom stereocenters. The number of esters is 3. The van der Waals surface area contributed by atoms with Gasteiger partial charge in [-0.2, -0.15) is 0 Å². The Morgan fingerprint density at radius 2 is 1.58 bits per heavy atom. The van der Waals surface area contributed by atoms with E-state index in [9.17, 15) is 44.4 Å². The normalized spacial score (nSPS) is 31.3. The van der Waals surface area contributed by atoms with Crippen LogP contribution in [-0.4, -0.2) is 98.4 Å². The third-order valence-corrected chi connectivity index (χ3v) is 11.2. The van der Waals surface area contributed by atoms with Gasteiger partial charge in [-0.05, 0) is 35.8 Å². The topological polar surface area (TPSA) is 215 Å². The number of aliphatic hydroxyl groups is 4. The van der Waals surface area contributed by atoms with Gasteiger partial charge in [0.05, 0.1) is 24.7 Å². The van der Waals surface area contributed by atoms with Crippen molar-refractivity contribution in [2.75, 3.05) is 6.61 Å². The summed E-state index contributed by atoms with van der Waals surface area (Å²) in [4.78, 5) is 66.7. The third-order valence-electron chi connectivity index (χ3n) is 11.2. The Kier molecular flexibility index (Phi) is 9.88. The number of carbonyl (C=O) groups is 5. The molecule has 1 heterocycles. The highest BCUT2D eigenvalue weighted by molar-refractivity contribution is 6.04. The summed E-state index contributed by atoms with van der Waals surface area (Å²) in [6, 6.07) is 15.1. The lowest BCUT2D eigenvalue weighted by Crippen LogP contribution is -2.75. The van der Waals surface area contributed by atoms with Gasteiger partial charge in [0.2, 0.25) is 5.78 Å². The predicted octanol–water partition coefficient (Wildman–Crippen LogP) is 2.32. The molecule has 3 aliphatic carbocycles. The molecule has 2 aromatic carbocycles. The Morgan fingerprint density at radius 3 is 2.15 bits per heavy atom. The van der Waals surface area contributed by atoms with Crippen molar-refractivity contribution in [3.05, 3.63) is 94.3 Å². The van der Waals surface area contributed by atoms with E-state index in [2.05, 4.69) is 5.32 Å². The molecule has 2 bridgehead atoms. The lowest BCUT2D eigenvalue weighted by molar-refractivity contribution is -0.299. The van der Waals surface area contributed by atoms with E-state index in [1.807, 2.05) is 0 Å². The van der Waals surface area contributed by atoms with Crippen LogP contribution in [0.1, 0.15) is 69.4 Å². The van der Waals surface area contributed by atoms with E-state index in [-0.39, 0.29) is 35.3 Å². The zero-order chi connectivity index (χ0) is 38.6. The van der Waals surface area contributed by atoms with Gasteiger partial charge in [0.1, 0.15) is 23.6 Å². The van der Waals surface area contributed by atoms with Crippen LogP contribution in [0.4, 0.5) is 0 Å². The van der Waals surface area contributed by atoms with E-state index >= 15 is 0 Å². The summed E-state index contributed by atoms with van der Waals surface area (Å²) in [7, 11) is 0. The summed E-state index contributed by atoms with van der Waals surface area (Å²) in [6.45, 7) is 6.49. The predicted molar refractivity (Wildman–Crippen MR) is 184 cm³/mol. The van der Waals surface area contributed by atoms with Gasteiger partial charge < -0.3 is 44.7 Å². The highest BCUT2D eigenvalue weighted by atomic mass is 16.6. The van der Waals surface area contributed by atoms with Crippen molar-refractivity contribution in [2.45, 2.75) is 95.2 Å². The quantitative estimate of drug-likeness (QED) is 0.150. The molecule has 2 aromatic rings. The fourth-order valence-corrected chi connectivity index (χ4v) is 8.48. The molecule has 1 aliphatic heterocycles. The van der Waals surface area contributed by atoms with Gasteiger partial charge in [-0.15, -0.1) is 0 Å². The van der Waals surface area contributed by atoms with Crippen molar-refractivity contribution in [3.8, 4) is 0 Å². The van der Waals surface area contributed by atoms with Crippen LogP contribution in [0.5, 0.6) is 0 Å². The van der Waals surface area contributed by atoms with Gasteiger partial charge in [-0.1, -0.05) is 62.4 Å². The molecule has 9 atom stereocenters. The first-order chi connectivity index (χ1) is 24.9. The Morgan fingerprint density at radius 1 is 0.962 bits per heavy atom. The first kappa shape index (κ1) is 37.9. The molecule has 1 saturated carbocycles. The second kappa shape index (κ2) is 13.8. The van der Waals surface area contributed by atoms with Crippen molar-refractivity contribution in [1.82, 2.24) is 5.32 Å². The molecule has 6 rings (SSSR count). The van der Waals surface area contributed by atoms with Crippen LogP contribution >= 0.6 is 0 Å². The number of Topliss-reactive ketones (excluding diaryl/α,β-unsaturated/α-hetero) is 1. The summed E-state index contributed by atoms with van der Waals surface area (Å²) in [6.07, 6.45) is -8.89. The first-order valence-electron chi connectivity index (χ1n) is 17.3. The fraction of sp³-hybridized carbons (Fsp3) is 0.462. The van der Waals surface area contributed by atoms with E-state index in [0.29, 0.717) is 5.56 Å². The summed E-state index contributed by atoms with van der Waals surface area (Å²) < 4.78 is 22.9. The molecule has 282 valence electrons. The van der Waals surface area contributed by atoms with Gasteiger partial charge in [-0.25, -0.2) is 4.79 Å². The number of rotatable bonds is 8. The maximum absolute atomic E-state index is 14.6. The molecule has 0 spiro atoms. The molecule has 1 saturated heterocycles. The molecule has 14 heteroatoms. The zero-order valence-electron chi connectivity index (χ0n) is 29.9. The van der Waals surface area contributed by atoms with Gasteiger partial charge in [0, 0.05) is 43.2 Å². The number of carbonyl (C=O) groups excluding carboxylic acids is 5. The minimum absolute atomic E-state index is 0.00190. The Balaban J connectivity index is 1.43. The van der Waals surface area contributed by atoms with Gasteiger partial charge in [-0.3, -0.25) is 19.2 Å². The van der Waals surface area contributed by atoms with E-state index in [1.54, 1.807) is 60.7 Å². The standard InChI is InChI=1S/C39H43NO13/c1-19-25(52-36(48)32(45)30(22-12-8-6-9-13-22)40-35(47)23-14-10-7-11-15-23)17-39(49)34(46)29-27(24(43)16-26-38(29,18-50-26)53-21(3)42)31(44)33(51-20(2)41)28(19)37(39,4)5/h6-15,25-26,29-30,32-34,43,45-46,49H,16-18H2,1-5H3,(H,40,47)/t25-,26?,29?,30-,32+,33+,34-,38-,39+/m0/s1. The van der Waals surface area contributed by atoms with Crippen molar-refractivity contribution >= 4 is 29.6 Å². The maximum atomic E-state index is 14.6. The number of aliphatic hydroxyl groups excluding tert-OH is 3. The number of ketones is 1. The number of hydrogen-bond acceptors (Lipinski definition) is 13. The Hall–Kier alpha value is -4.89. The van der Waals surface area contributed by atoms with Crippen molar-refractivity contribution in [2.24, 2.45) is 11.3 Å². The molecule has 5 N–H and O–H groups in total. The van der Waals surface area contributed by atoms with E-state index in [1.165, 1.54) is 20.8 Å². The van der Waals surface area contributed by atoms with E-state index in [0.717, 1.165) is 13.8 Å². The second-order valence-corrected chi connectivity index (χ2v) is 14.6. The zero-order valence-corrected chi connectivity index (χ0v) is 29.9. The molecule has 0 radical (unpaired) electrons.